The number of nitrogens with one attached hydrogen (secondary N) is 1. The molecule has 7 nitrogen and oxygen atoms in total. The molecule has 2 amide bonds. The number of methoxy groups -OCH3 is 1. The van der Waals surface area contributed by atoms with Gasteiger partial charge in [0.2, 0.25) is 11.8 Å². The van der Waals surface area contributed by atoms with Crippen molar-refractivity contribution in [1.82, 2.24) is 15.4 Å². The predicted octanol–water partition coefficient (Wildman–Crippen LogP) is 2.68. The molecule has 8 heteroatoms. The van der Waals surface area contributed by atoms with Gasteiger partial charge >= 0.3 is 0 Å². The lowest BCUT2D eigenvalue weighted by Gasteiger charge is -2.21. The minimum Gasteiger partial charge on any atom is -0.494 e. The fourth-order valence-electron chi connectivity index (χ4n) is 3.55. The summed E-state index contributed by atoms with van der Waals surface area (Å²) in [6.45, 7) is 4.71. The van der Waals surface area contributed by atoms with Crippen LogP contribution in [-0.4, -0.2) is 41.6 Å². The average molecular weight is 403 g/mol. The highest BCUT2D eigenvalue weighted by atomic mass is 19.1. The standard InChI is InChI=1S/C21H26FN3O4/c1-13-17(14(2)29-24-13)12-25-9-8-16(5-7-21(25)27)23-20(26)11-15-4-6-19(28-3)18(22)10-15/h4,6,10,16H,5,7-9,11-12H2,1-3H3,(H,23,26). The molecule has 3 rings (SSSR count). The molecule has 0 radical (unpaired) electrons. The monoisotopic (exact) mass is 403 g/mol. The van der Waals surface area contributed by atoms with Crippen molar-refractivity contribution < 1.29 is 23.2 Å². The molecular formula is C21H26FN3O4. The number of halogens is 1. The highest BCUT2D eigenvalue weighted by Gasteiger charge is 2.25. The van der Waals surface area contributed by atoms with Gasteiger partial charge in [0.15, 0.2) is 11.6 Å². The third kappa shape index (κ3) is 5.13. The van der Waals surface area contributed by atoms with Gasteiger partial charge in [0.25, 0.3) is 0 Å². The van der Waals surface area contributed by atoms with Crippen LogP contribution >= 0.6 is 0 Å². The first-order valence-corrected chi connectivity index (χ1v) is 9.68. The van der Waals surface area contributed by atoms with Crippen molar-refractivity contribution >= 4 is 11.8 Å². The van der Waals surface area contributed by atoms with Crippen LogP contribution in [0.3, 0.4) is 0 Å². The first-order chi connectivity index (χ1) is 13.9. The van der Waals surface area contributed by atoms with Gasteiger partial charge in [0.05, 0.1) is 25.8 Å². The lowest BCUT2D eigenvalue weighted by Crippen LogP contribution is -2.36. The van der Waals surface area contributed by atoms with Crippen LogP contribution in [0.25, 0.3) is 0 Å². The highest BCUT2D eigenvalue weighted by molar-refractivity contribution is 5.79. The summed E-state index contributed by atoms with van der Waals surface area (Å²) in [5, 5.41) is 6.91. The Balaban J connectivity index is 1.55. The van der Waals surface area contributed by atoms with Crippen molar-refractivity contribution in [3.8, 4) is 5.75 Å². The van der Waals surface area contributed by atoms with E-state index in [1.54, 1.807) is 11.0 Å². The maximum Gasteiger partial charge on any atom is 0.224 e. The van der Waals surface area contributed by atoms with Crippen LogP contribution in [0.2, 0.25) is 0 Å². The summed E-state index contributed by atoms with van der Waals surface area (Å²) in [6, 6.07) is 4.39. The molecule has 0 aliphatic carbocycles. The molecule has 1 aliphatic heterocycles. The van der Waals surface area contributed by atoms with Crippen LogP contribution in [0.15, 0.2) is 22.7 Å². The molecular weight excluding hydrogens is 377 g/mol. The Kier molecular flexibility index (Phi) is 6.51. The number of amides is 2. The van der Waals surface area contributed by atoms with E-state index in [0.29, 0.717) is 37.9 Å². The molecule has 1 N–H and O–H groups in total. The number of ether oxygens (including phenoxy) is 1. The minimum absolute atomic E-state index is 0.0546. The Morgan fingerprint density at radius 2 is 2.17 bits per heavy atom. The highest BCUT2D eigenvalue weighted by Crippen LogP contribution is 2.20. The number of aromatic nitrogens is 1. The van der Waals surface area contributed by atoms with E-state index in [2.05, 4.69) is 10.5 Å². The summed E-state index contributed by atoms with van der Waals surface area (Å²) in [4.78, 5) is 26.7. The van der Waals surface area contributed by atoms with E-state index in [9.17, 15) is 14.0 Å². The fraction of sp³-hybridized carbons (Fsp3) is 0.476. The molecule has 0 saturated carbocycles. The van der Waals surface area contributed by atoms with Crippen molar-refractivity contribution in [2.24, 2.45) is 0 Å². The number of carbonyl (C=O) groups is 2. The Morgan fingerprint density at radius 3 is 2.83 bits per heavy atom. The Hall–Kier alpha value is -2.90. The first-order valence-electron chi connectivity index (χ1n) is 9.68. The lowest BCUT2D eigenvalue weighted by molar-refractivity contribution is -0.131. The molecule has 0 spiro atoms. The Labute approximate surface area is 169 Å². The number of carbonyl (C=O) groups excluding carboxylic acids is 2. The summed E-state index contributed by atoms with van der Waals surface area (Å²) < 4.78 is 23.9. The van der Waals surface area contributed by atoms with E-state index in [4.69, 9.17) is 9.26 Å². The van der Waals surface area contributed by atoms with Gasteiger partial charge in [-0.3, -0.25) is 9.59 Å². The van der Waals surface area contributed by atoms with E-state index >= 15 is 0 Å². The molecule has 2 heterocycles. The van der Waals surface area contributed by atoms with E-state index in [1.165, 1.54) is 19.2 Å². The topological polar surface area (TPSA) is 84.7 Å². The molecule has 2 aromatic rings. The van der Waals surface area contributed by atoms with Crippen LogP contribution in [0.4, 0.5) is 4.39 Å². The third-order valence-electron chi connectivity index (χ3n) is 5.28. The van der Waals surface area contributed by atoms with Gasteiger partial charge in [-0.1, -0.05) is 11.2 Å². The Morgan fingerprint density at radius 1 is 1.38 bits per heavy atom. The average Bonchev–Trinajstić information content (AvgIpc) is 2.89. The largest absolute Gasteiger partial charge is 0.494 e. The van der Waals surface area contributed by atoms with Gasteiger partial charge in [-0.2, -0.15) is 0 Å². The van der Waals surface area contributed by atoms with E-state index < -0.39 is 5.82 Å². The molecule has 1 unspecified atom stereocenters. The molecule has 29 heavy (non-hydrogen) atoms. The molecule has 1 atom stereocenters. The molecule has 1 aliphatic rings. The van der Waals surface area contributed by atoms with Crippen molar-refractivity contribution in [3.63, 3.8) is 0 Å². The molecule has 1 aromatic carbocycles. The van der Waals surface area contributed by atoms with Crippen LogP contribution in [0.1, 0.15) is 41.8 Å². The minimum atomic E-state index is -0.493. The number of benzene rings is 1. The quantitative estimate of drug-likeness (QED) is 0.802. The van der Waals surface area contributed by atoms with Gasteiger partial charge in [0, 0.05) is 24.6 Å². The number of aryl methyl sites for hydroxylation is 2. The molecule has 1 fully saturated rings. The van der Waals surface area contributed by atoms with Gasteiger partial charge in [0.1, 0.15) is 5.76 Å². The summed E-state index contributed by atoms with van der Waals surface area (Å²) >= 11 is 0. The smallest absolute Gasteiger partial charge is 0.224 e. The van der Waals surface area contributed by atoms with Crippen LogP contribution < -0.4 is 10.1 Å². The van der Waals surface area contributed by atoms with Crippen molar-refractivity contribution in [1.29, 1.82) is 0 Å². The molecule has 1 aromatic heterocycles. The maximum absolute atomic E-state index is 13.8. The summed E-state index contributed by atoms with van der Waals surface area (Å²) in [6.07, 6.45) is 1.69. The number of hydrogen-bond acceptors (Lipinski definition) is 5. The van der Waals surface area contributed by atoms with Gasteiger partial charge in [-0.05, 0) is 44.4 Å². The second-order valence-corrected chi connectivity index (χ2v) is 7.36. The maximum atomic E-state index is 13.8. The zero-order chi connectivity index (χ0) is 21.0. The SMILES string of the molecule is COc1ccc(CC(=O)NC2CCC(=O)N(Cc3c(C)noc3C)CC2)cc1F. The normalized spacial score (nSPS) is 17.2. The molecule has 0 bridgehead atoms. The summed E-state index contributed by atoms with van der Waals surface area (Å²) in [7, 11) is 1.40. The molecule has 1 saturated heterocycles. The zero-order valence-electron chi connectivity index (χ0n) is 17.0. The second-order valence-electron chi connectivity index (χ2n) is 7.36. The fourth-order valence-corrected chi connectivity index (χ4v) is 3.55. The summed E-state index contributed by atoms with van der Waals surface area (Å²) in [5.74, 6) is 0.240. The zero-order valence-corrected chi connectivity index (χ0v) is 17.0. The van der Waals surface area contributed by atoms with E-state index in [-0.39, 0.29) is 30.0 Å². The van der Waals surface area contributed by atoms with Crippen LogP contribution in [-0.2, 0) is 22.6 Å². The van der Waals surface area contributed by atoms with Crippen LogP contribution in [0, 0.1) is 19.7 Å². The number of hydrogen-bond donors (Lipinski definition) is 1. The number of nitrogens with zero attached hydrogens (tertiary/aromatic N) is 2. The van der Waals surface area contributed by atoms with Gasteiger partial charge < -0.3 is 19.5 Å². The Bertz CT molecular complexity index is 877. The molecule has 156 valence electrons. The second kappa shape index (κ2) is 9.07. The number of rotatable bonds is 6. The van der Waals surface area contributed by atoms with Gasteiger partial charge in [-0.25, -0.2) is 4.39 Å². The van der Waals surface area contributed by atoms with E-state index in [1.807, 2.05) is 13.8 Å². The van der Waals surface area contributed by atoms with Crippen molar-refractivity contribution in [3.05, 3.63) is 46.6 Å². The third-order valence-corrected chi connectivity index (χ3v) is 5.28. The first kappa shape index (κ1) is 20.8. The van der Waals surface area contributed by atoms with Crippen molar-refractivity contribution in [2.45, 2.75) is 52.1 Å². The number of likely N-dealkylation sites (tertiary alicyclic amines) is 1. The lowest BCUT2D eigenvalue weighted by atomic mass is 10.1. The predicted molar refractivity (Wildman–Crippen MR) is 104 cm³/mol. The van der Waals surface area contributed by atoms with E-state index in [0.717, 1.165) is 17.0 Å². The van der Waals surface area contributed by atoms with Crippen LogP contribution in [0.5, 0.6) is 5.75 Å². The van der Waals surface area contributed by atoms with Crippen molar-refractivity contribution in [2.75, 3.05) is 13.7 Å². The summed E-state index contributed by atoms with van der Waals surface area (Å²) in [5.41, 5.74) is 2.30. The van der Waals surface area contributed by atoms with Gasteiger partial charge in [-0.15, -0.1) is 0 Å².